The van der Waals surface area contributed by atoms with Crippen LogP contribution in [0.3, 0.4) is 0 Å². The summed E-state index contributed by atoms with van der Waals surface area (Å²) in [6.07, 6.45) is 3.20. The van der Waals surface area contributed by atoms with Gasteiger partial charge < -0.3 is 10.6 Å². The van der Waals surface area contributed by atoms with E-state index in [1.54, 1.807) is 10.9 Å². The third-order valence-electron chi connectivity index (χ3n) is 3.87. The van der Waals surface area contributed by atoms with Crippen molar-refractivity contribution in [2.45, 2.75) is 32.2 Å². The fourth-order valence-electron chi connectivity index (χ4n) is 2.37. The van der Waals surface area contributed by atoms with Crippen LogP contribution in [-0.2, 0) is 5.41 Å². The van der Waals surface area contributed by atoms with Crippen molar-refractivity contribution in [1.82, 2.24) is 20.0 Å². The third kappa shape index (κ3) is 2.66. The number of nitrogens with zero attached hydrogens (tertiary/aromatic N) is 5. The number of carbonyl (C=O) groups excluding carboxylic acids is 1. The lowest BCUT2D eigenvalue weighted by molar-refractivity contribution is 0.1000. The minimum absolute atomic E-state index is 0.00321. The molecule has 22 heavy (non-hydrogen) atoms. The SMILES string of the molecule is CC(C)(C)c1ccc(N2CC(n3cc(C(N)=O)cn3)C2)nn1. The van der Waals surface area contributed by atoms with Gasteiger partial charge in [-0.05, 0) is 12.1 Å². The molecule has 1 amide bonds. The van der Waals surface area contributed by atoms with E-state index in [4.69, 9.17) is 5.73 Å². The number of rotatable bonds is 3. The van der Waals surface area contributed by atoms with Gasteiger partial charge in [0.2, 0.25) is 0 Å². The van der Waals surface area contributed by atoms with Crippen LogP contribution in [0.4, 0.5) is 5.82 Å². The minimum atomic E-state index is -0.453. The van der Waals surface area contributed by atoms with Gasteiger partial charge in [0, 0.05) is 24.7 Å². The summed E-state index contributed by atoms with van der Waals surface area (Å²) in [5, 5.41) is 12.8. The molecule has 1 aliphatic heterocycles. The molecule has 3 rings (SSSR count). The highest BCUT2D eigenvalue weighted by molar-refractivity contribution is 5.92. The third-order valence-corrected chi connectivity index (χ3v) is 3.87. The van der Waals surface area contributed by atoms with E-state index in [-0.39, 0.29) is 11.5 Å². The maximum absolute atomic E-state index is 11.1. The molecule has 0 atom stereocenters. The van der Waals surface area contributed by atoms with E-state index in [1.165, 1.54) is 6.20 Å². The highest BCUT2D eigenvalue weighted by atomic mass is 16.1. The van der Waals surface area contributed by atoms with E-state index < -0.39 is 5.91 Å². The first-order valence-electron chi connectivity index (χ1n) is 7.28. The average molecular weight is 300 g/mol. The Morgan fingerprint density at radius 2 is 2.00 bits per heavy atom. The molecule has 1 aliphatic rings. The van der Waals surface area contributed by atoms with Crippen molar-refractivity contribution in [3.05, 3.63) is 35.8 Å². The zero-order valence-corrected chi connectivity index (χ0v) is 13.0. The maximum Gasteiger partial charge on any atom is 0.251 e. The van der Waals surface area contributed by atoms with E-state index in [0.717, 1.165) is 24.6 Å². The molecule has 0 spiro atoms. The van der Waals surface area contributed by atoms with Crippen LogP contribution in [0, 0.1) is 0 Å². The van der Waals surface area contributed by atoms with E-state index >= 15 is 0 Å². The van der Waals surface area contributed by atoms with Gasteiger partial charge in [-0.2, -0.15) is 10.2 Å². The van der Waals surface area contributed by atoms with Gasteiger partial charge in [-0.25, -0.2) is 0 Å². The predicted molar refractivity (Wildman–Crippen MR) is 82.7 cm³/mol. The van der Waals surface area contributed by atoms with Crippen LogP contribution >= 0.6 is 0 Å². The summed E-state index contributed by atoms with van der Waals surface area (Å²) in [4.78, 5) is 13.2. The molecule has 2 aromatic rings. The number of anilines is 1. The Hall–Kier alpha value is -2.44. The highest BCUT2D eigenvalue weighted by Crippen LogP contribution is 2.27. The molecule has 3 heterocycles. The second-order valence-electron chi connectivity index (χ2n) is 6.66. The molecule has 0 aliphatic carbocycles. The fraction of sp³-hybridized carbons (Fsp3) is 0.467. The molecule has 0 unspecified atom stereocenters. The number of aromatic nitrogens is 4. The van der Waals surface area contributed by atoms with Crippen LogP contribution in [0.1, 0.15) is 42.9 Å². The Balaban J connectivity index is 1.64. The largest absolute Gasteiger partial charge is 0.366 e. The Morgan fingerprint density at radius 3 is 2.50 bits per heavy atom. The van der Waals surface area contributed by atoms with E-state index in [1.807, 2.05) is 12.1 Å². The first-order chi connectivity index (χ1) is 10.3. The molecule has 0 bridgehead atoms. The van der Waals surface area contributed by atoms with Crippen molar-refractivity contribution >= 4 is 11.7 Å². The van der Waals surface area contributed by atoms with Crippen LogP contribution in [0.15, 0.2) is 24.5 Å². The highest BCUT2D eigenvalue weighted by Gasteiger charge is 2.30. The van der Waals surface area contributed by atoms with E-state index in [9.17, 15) is 4.79 Å². The van der Waals surface area contributed by atoms with Gasteiger partial charge in [0.1, 0.15) is 0 Å². The van der Waals surface area contributed by atoms with Gasteiger partial charge in [-0.15, -0.1) is 5.10 Å². The second kappa shape index (κ2) is 5.08. The number of hydrogen-bond donors (Lipinski definition) is 1. The summed E-state index contributed by atoms with van der Waals surface area (Å²) in [5.41, 5.74) is 6.65. The minimum Gasteiger partial charge on any atom is -0.366 e. The van der Waals surface area contributed by atoms with Gasteiger partial charge in [-0.3, -0.25) is 9.48 Å². The summed E-state index contributed by atoms with van der Waals surface area (Å²) in [7, 11) is 0. The summed E-state index contributed by atoms with van der Waals surface area (Å²) >= 11 is 0. The summed E-state index contributed by atoms with van der Waals surface area (Å²) in [5.74, 6) is 0.414. The molecular weight excluding hydrogens is 280 g/mol. The molecular formula is C15H20N6O. The smallest absolute Gasteiger partial charge is 0.251 e. The van der Waals surface area contributed by atoms with Crippen molar-refractivity contribution in [3.63, 3.8) is 0 Å². The van der Waals surface area contributed by atoms with Crippen molar-refractivity contribution in [3.8, 4) is 0 Å². The average Bonchev–Trinajstić information content (AvgIpc) is 2.86. The molecule has 0 aromatic carbocycles. The first-order valence-corrected chi connectivity index (χ1v) is 7.28. The van der Waals surface area contributed by atoms with Crippen molar-refractivity contribution in [2.75, 3.05) is 18.0 Å². The summed E-state index contributed by atoms with van der Waals surface area (Å²) < 4.78 is 1.79. The van der Waals surface area contributed by atoms with Crippen LogP contribution in [0.25, 0.3) is 0 Å². The summed E-state index contributed by atoms with van der Waals surface area (Å²) in [6, 6.07) is 4.26. The molecule has 0 radical (unpaired) electrons. The van der Waals surface area contributed by atoms with Crippen molar-refractivity contribution in [1.29, 1.82) is 0 Å². The number of amides is 1. The Kier molecular flexibility index (Phi) is 3.35. The van der Waals surface area contributed by atoms with Crippen LogP contribution < -0.4 is 10.6 Å². The Bertz CT molecular complexity index is 679. The molecule has 7 heteroatoms. The van der Waals surface area contributed by atoms with Gasteiger partial charge in [0.25, 0.3) is 5.91 Å². The lowest BCUT2D eigenvalue weighted by Crippen LogP contribution is -2.48. The number of primary amides is 1. The van der Waals surface area contributed by atoms with Gasteiger partial charge >= 0.3 is 0 Å². The quantitative estimate of drug-likeness (QED) is 0.917. The second-order valence-corrected chi connectivity index (χ2v) is 6.66. The number of nitrogens with two attached hydrogens (primary N) is 1. The predicted octanol–water partition coefficient (Wildman–Crippen LogP) is 1.13. The number of hydrogen-bond acceptors (Lipinski definition) is 5. The molecule has 0 saturated carbocycles. The Labute approximate surface area is 129 Å². The zero-order chi connectivity index (χ0) is 15.9. The molecule has 116 valence electrons. The molecule has 2 N–H and O–H groups in total. The van der Waals surface area contributed by atoms with Crippen LogP contribution in [0.5, 0.6) is 0 Å². The standard InChI is InChI=1S/C15H20N6O/c1-15(2,3)12-4-5-13(19-18-12)20-8-11(9-20)21-7-10(6-17-21)14(16)22/h4-7,11H,8-9H2,1-3H3,(H2,16,22). The fourth-order valence-corrected chi connectivity index (χ4v) is 2.37. The molecule has 1 saturated heterocycles. The van der Waals surface area contributed by atoms with Crippen LogP contribution in [-0.4, -0.2) is 39.0 Å². The molecule has 2 aromatic heterocycles. The first kappa shape index (κ1) is 14.5. The lowest BCUT2D eigenvalue weighted by Gasteiger charge is -2.39. The number of carbonyl (C=O) groups is 1. The topological polar surface area (TPSA) is 89.9 Å². The van der Waals surface area contributed by atoms with E-state index in [2.05, 4.69) is 41.0 Å². The molecule has 7 nitrogen and oxygen atoms in total. The van der Waals surface area contributed by atoms with Crippen molar-refractivity contribution < 1.29 is 4.79 Å². The lowest BCUT2D eigenvalue weighted by atomic mass is 9.92. The molecule has 1 fully saturated rings. The normalized spacial score (nSPS) is 15.7. The maximum atomic E-state index is 11.1. The van der Waals surface area contributed by atoms with Gasteiger partial charge in [0.15, 0.2) is 5.82 Å². The monoisotopic (exact) mass is 300 g/mol. The zero-order valence-electron chi connectivity index (χ0n) is 13.0. The Morgan fingerprint density at radius 1 is 1.27 bits per heavy atom. The van der Waals surface area contributed by atoms with E-state index in [0.29, 0.717) is 5.56 Å². The van der Waals surface area contributed by atoms with Gasteiger partial charge in [0.05, 0.1) is 23.5 Å². The van der Waals surface area contributed by atoms with Gasteiger partial charge in [-0.1, -0.05) is 20.8 Å². The summed E-state index contributed by atoms with van der Waals surface area (Å²) in [6.45, 7) is 7.94. The van der Waals surface area contributed by atoms with Crippen LogP contribution in [0.2, 0.25) is 0 Å². The van der Waals surface area contributed by atoms with Crippen molar-refractivity contribution in [2.24, 2.45) is 5.73 Å².